The largest absolute Gasteiger partial charge is 0.497 e. The van der Waals surface area contributed by atoms with E-state index in [0.29, 0.717) is 42.3 Å². The first kappa shape index (κ1) is 25.0. The van der Waals surface area contributed by atoms with Crippen LogP contribution in [0.2, 0.25) is 0 Å². The molecule has 2 heterocycles. The maximum Gasteiger partial charge on any atom is 0.261 e. The first-order valence-corrected chi connectivity index (χ1v) is 12.0. The van der Waals surface area contributed by atoms with E-state index in [1.165, 1.54) is 0 Å². The van der Waals surface area contributed by atoms with Gasteiger partial charge < -0.3 is 30.0 Å². The van der Waals surface area contributed by atoms with Crippen LogP contribution in [-0.4, -0.2) is 48.8 Å². The number of nitrogens with zero attached hydrogens (tertiary/aromatic N) is 3. The minimum atomic E-state index is -0.221. The summed E-state index contributed by atoms with van der Waals surface area (Å²) in [4.78, 5) is 27.1. The van der Waals surface area contributed by atoms with Crippen molar-refractivity contribution in [2.75, 3.05) is 44.1 Å². The molecule has 2 aromatic heterocycles. The van der Waals surface area contributed by atoms with Crippen LogP contribution in [0.4, 0.5) is 11.8 Å². The van der Waals surface area contributed by atoms with Gasteiger partial charge in [0.25, 0.3) is 5.56 Å². The van der Waals surface area contributed by atoms with Crippen molar-refractivity contribution in [3.8, 4) is 11.5 Å². The van der Waals surface area contributed by atoms with Crippen molar-refractivity contribution in [3.63, 3.8) is 0 Å². The molecule has 0 atom stereocenters. The SMILES string of the molecule is CCNCCNc1nc(N(Cc2ccc(OC)cc2)Cc2ccc(OC)cc2)nc2cc[nH]c(=O)c12. The van der Waals surface area contributed by atoms with Gasteiger partial charge in [0.05, 0.1) is 19.7 Å². The molecule has 3 N–H and O–H groups in total. The topological polar surface area (TPSA) is 104 Å². The summed E-state index contributed by atoms with van der Waals surface area (Å²) >= 11 is 0. The van der Waals surface area contributed by atoms with Crippen LogP contribution < -0.4 is 30.6 Å². The molecule has 0 aliphatic rings. The van der Waals surface area contributed by atoms with Crippen molar-refractivity contribution in [3.05, 3.63) is 82.3 Å². The molecule has 0 aliphatic carbocycles. The second-order valence-electron chi connectivity index (χ2n) is 8.27. The number of ether oxygens (including phenoxy) is 2. The molecule has 2 aromatic carbocycles. The number of methoxy groups -OCH3 is 2. The van der Waals surface area contributed by atoms with Crippen molar-refractivity contribution >= 4 is 22.7 Å². The number of aromatic amines is 1. The molecule has 0 aliphatic heterocycles. The van der Waals surface area contributed by atoms with Gasteiger partial charge in [0, 0.05) is 32.4 Å². The monoisotopic (exact) mass is 488 g/mol. The Morgan fingerprint density at radius 2 is 1.47 bits per heavy atom. The van der Waals surface area contributed by atoms with Gasteiger partial charge in [-0.1, -0.05) is 31.2 Å². The number of benzene rings is 2. The molecule has 0 saturated carbocycles. The Balaban J connectivity index is 1.73. The van der Waals surface area contributed by atoms with Crippen LogP contribution in [0.1, 0.15) is 18.1 Å². The maximum absolute atomic E-state index is 12.6. The number of H-pyrrole nitrogens is 1. The molecule has 4 rings (SSSR count). The number of pyridine rings is 1. The van der Waals surface area contributed by atoms with E-state index in [1.807, 2.05) is 48.5 Å². The van der Waals surface area contributed by atoms with Gasteiger partial charge in [-0.25, -0.2) is 4.98 Å². The quantitative estimate of drug-likeness (QED) is 0.260. The first-order chi connectivity index (χ1) is 17.6. The maximum atomic E-state index is 12.6. The lowest BCUT2D eigenvalue weighted by atomic mass is 10.1. The summed E-state index contributed by atoms with van der Waals surface area (Å²) in [7, 11) is 3.31. The van der Waals surface area contributed by atoms with Gasteiger partial charge in [-0.2, -0.15) is 4.98 Å². The van der Waals surface area contributed by atoms with Crippen molar-refractivity contribution in [1.29, 1.82) is 0 Å². The van der Waals surface area contributed by atoms with Gasteiger partial charge in [-0.15, -0.1) is 0 Å². The predicted octanol–water partition coefficient (Wildman–Crippen LogP) is 3.56. The van der Waals surface area contributed by atoms with E-state index >= 15 is 0 Å². The number of nitrogens with one attached hydrogen (secondary N) is 3. The molecular formula is C27H32N6O3. The lowest BCUT2D eigenvalue weighted by Gasteiger charge is -2.24. The minimum Gasteiger partial charge on any atom is -0.497 e. The summed E-state index contributed by atoms with van der Waals surface area (Å²) in [5.74, 6) is 2.65. The van der Waals surface area contributed by atoms with Gasteiger partial charge in [0.2, 0.25) is 5.95 Å². The number of hydrogen-bond acceptors (Lipinski definition) is 8. The molecule has 36 heavy (non-hydrogen) atoms. The van der Waals surface area contributed by atoms with E-state index in [9.17, 15) is 4.79 Å². The van der Waals surface area contributed by atoms with E-state index in [1.54, 1.807) is 26.5 Å². The molecule has 0 fully saturated rings. The standard InChI is InChI=1S/C27H32N6O3/c1-4-28-15-16-29-25-24-23(13-14-30-26(24)34)31-27(32-25)33(17-19-5-9-21(35-2)10-6-19)18-20-7-11-22(36-3)12-8-20/h5-14,28H,4,15-18H2,1-3H3,(H,30,34)(H,29,31,32). The number of aromatic nitrogens is 3. The lowest BCUT2D eigenvalue weighted by molar-refractivity contribution is 0.414. The average Bonchev–Trinajstić information content (AvgIpc) is 2.91. The highest BCUT2D eigenvalue weighted by atomic mass is 16.5. The van der Waals surface area contributed by atoms with Gasteiger partial charge in [-0.3, -0.25) is 4.79 Å². The summed E-state index contributed by atoms with van der Waals surface area (Å²) in [6.07, 6.45) is 1.61. The number of likely N-dealkylation sites (N-methyl/N-ethyl adjacent to an activating group) is 1. The lowest BCUT2D eigenvalue weighted by Crippen LogP contribution is -2.26. The van der Waals surface area contributed by atoms with Crippen LogP contribution in [0.15, 0.2) is 65.6 Å². The number of rotatable bonds is 12. The van der Waals surface area contributed by atoms with Crippen LogP contribution >= 0.6 is 0 Å². The van der Waals surface area contributed by atoms with E-state index < -0.39 is 0 Å². The molecule has 0 saturated heterocycles. The Morgan fingerprint density at radius 1 is 0.861 bits per heavy atom. The zero-order valence-electron chi connectivity index (χ0n) is 20.9. The zero-order chi connectivity index (χ0) is 25.3. The number of hydrogen-bond donors (Lipinski definition) is 3. The van der Waals surface area contributed by atoms with Crippen LogP contribution in [0.5, 0.6) is 11.5 Å². The summed E-state index contributed by atoms with van der Waals surface area (Å²) in [5, 5.41) is 7.05. The molecule has 9 heteroatoms. The fourth-order valence-corrected chi connectivity index (χ4v) is 3.89. The van der Waals surface area contributed by atoms with Crippen LogP contribution in [0.3, 0.4) is 0 Å². The van der Waals surface area contributed by atoms with Crippen LogP contribution in [-0.2, 0) is 13.1 Å². The minimum absolute atomic E-state index is 0.221. The summed E-state index contributed by atoms with van der Waals surface area (Å²) in [6.45, 7) is 5.45. The molecule has 9 nitrogen and oxygen atoms in total. The number of fused-ring (bicyclic) bond motifs is 1. The van der Waals surface area contributed by atoms with E-state index in [0.717, 1.165) is 35.7 Å². The number of anilines is 2. The third-order valence-corrected chi connectivity index (χ3v) is 5.80. The highest BCUT2D eigenvalue weighted by molar-refractivity contribution is 5.89. The smallest absolute Gasteiger partial charge is 0.261 e. The first-order valence-electron chi connectivity index (χ1n) is 12.0. The van der Waals surface area contributed by atoms with E-state index in [4.69, 9.17) is 19.4 Å². The molecular weight excluding hydrogens is 456 g/mol. The molecule has 0 amide bonds. The fraction of sp³-hybridized carbons (Fsp3) is 0.296. The summed E-state index contributed by atoms with van der Waals surface area (Å²) < 4.78 is 10.6. The van der Waals surface area contributed by atoms with Crippen molar-refractivity contribution < 1.29 is 9.47 Å². The molecule has 0 spiro atoms. The second-order valence-corrected chi connectivity index (χ2v) is 8.27. The summed E-state index contributed by atoms with van der Waals surface area (Å²) in [5.41, 5.74) is 2.53. The van der Waals surface area contributed by atoms with Gasteiger partial charge >= 0.3 is 0 Å². The Bertz CT molecular complexity index is 1270. The Morgan fingerprint density at radius 3 is 2.03 bits per heavy atom. The Labute approximate surface area is 210 Å². The van der Waals surface area contributed by atoms with E-state index in [-0.39, 0.29) is 5.56 Å². The molecule has 0 unspecified atom stereocenters. The molecule has 0 radical (unpaired) electrons. The van der Waals surface area contributed by atoms with E-state index in [2.05, 4.69) is 27.4 Å². The normalized spacial score (nSPS) is 10.9. The third-order valence-electron chi connectivity index (χ3n) is 5.80. The van der Waals surface area contributed by atoms with Crippen LogP contribution in [0.25, 0.3) is 10.9 Å². The van der Waals surface area contributed by atoms with Crippen LogP contribution in [0, 0.1) is 0 Å². The summed E-state index contributed by atoms with van der Waals surface area (Å²) in [6, 6.07) is 17.7. The Kier molecular flexibility index (Phi) is 8.36. The van der Waals surface area contributed by atoms with Crippen molar-refractivity contribution in [1.82, 2.24) is 20.3 Å². The molecule has 188 valence electrons. The Hall–Kier alpha value is -4.11. The van der Waals surface area contributed by atoms with Crippen molar-refractivity contribution in [2.24, 2.45) is 0 Å². The predicted molar refractivity (Wildman–Crippen MR) is 143 cm³/mol. The molecule has 4 aromatic rings. The second kappa shape index (κ2) is 12.0. The van der Waals surface area contributed by atoms with Gasteiger partial charge in [0.15, 0.2) is 0 Å². The van der Waals surface area contributed by atoms with Crippen molar-refractivity contribution in [2.45, 2.75) is 20.0 Å². The molecule has 0 bridgehead atoms. The third kappa shape index (κ3) is 6.11. The van der Waals surface area contributed by atoms with Gasteiger partial charge in [0.1, 0.15) is 22.7 Å². The average molecular weight is 489 g/mol. The highest BCUT2D eigenvalue weighted by Gasteiger charge is 2.17. The fourth-order valence-electron chi connectivity index (χ4n) is 3.89. The highest BCUT2D eigenvalue weighted by Crippen LogP contribution is 2.24. The van der Waals surface area contributed by atoms with Gasteiger partial charge in [-0.05, 0) is 48.0 Å². The zero-order valence-corrected chi connectivity index (χ0v) is 20.9.